The van der Waals surface area contributed by atoms with Crippen molar-refractivity contribution in [3.63, 3.8) is 0 Å². The van der Waals surface area contributed by atoms with E-state index in [1.165, 1.54) is 0 Å². The predicted molar refractivity (Wildman–Crippen MR) is 45.5 cm³/mol. The Morgan fingerprint density at radius 2 is 1.45 bits per heavy atom. The van der Waals surface area contributed by atoms with E-state index in [9.17, 15) is 0 Å². The summed E-state index contributed by atoms with van der Waals surface area (Å²) in [6.45, 7) is 2.51. The molecule has 0 fully saturated rings. The molecule has 0 saturated carbocycles. The van der Waals surface area contributed by atoms with Gasteiger partial charge in [-0.2, -0.15) is 0 Å². The predicted octanol–water partition coefficient (Wildman–Crippen LogP) is 0.0731. The topological polar surface area (TPSA) is 43.7 Å². The van der Waals surface area contributed by atoms with Crippen LogP contribution >= 0.6 is 0 Å². The molecule has 68 valence electrons. The third-order valence-electron chi connectivity index (χ3n) is 1.65. The molecule has 3 nitrogen and oxygen atoms in total. The number of aliphatic hydroxyl groups excluding tert-OH is 2. The van der Waals surface area contributed by atoms with E-state index in [4.69, 9.17) is 10.2 Å². The zero-order valence-corrected chi connectivity index (χ0v) is 7.29. The minimum atomic E-state index is 0.268. The number of unbranched alkanes of at least 4 members (excludes halogenated alkanes) is 1. The first-order valence-electron chi connectivity index (χ1n) is 4.21. The summed E-state index contributed by atoms with van der Waals surface area (Å²) >= 11 is 0. The molecule has 0 aromatic heterocycles. The molecule has 0 aliphatic rings. The molecule has 0 spiro atoms. The highest BCUT2D eigenvalue weighted by Crippen LogP contribution is 1.92. The smallest absolute Gasteiger partial charge is 0.0443 e. The Balaban J connectivity index is 3.02. The average Bonchev–Trinajstić information content (AvgIpc) is 2.01. The summed E-state index contributed by atoms with van der Waals surface area (Å²) in [4.78, 5) is 2.17. The van der Waals surface area contributed by atoms with Crippen molar-refractivity contribution >= 4 is 0 Å². The molecule has 11 heavy (non-hydrogen) atoms. The molecule has 0 saturated heterocycles. The molecular weight excluding hydrogens is 142 g/mol. The first-order valence-corrected chi connectivity index (χ1v) is 4.21. The van der Waals surface area contributed by atoms with Crippen LogP contribution in [0, 0.1) is 0 Å². The summed E-state index contributed by atoms with van der Waals surface area (Å²) in [6, 6.07) is 0. The van der Waals surface area contributed by atoms with Gasteiger partial charge < -0.3 is 15.1 Å². The number of rotatable bonds is 7. The Labute approximate surface area is 68.6 Å². The van der Waals surface area contributed by atoms with Crippen LogP contribution in [0.4, 0.5) is 0 Å². The standard InChI is InChI=1S/C8H19NO2/c1-9(6-4-8-11)5-2-3-7-10/h10-11H,2-8H2,1H3. The summed E-state index contributed by atoms with van der Waals surface area (Å²) in [5.41, 5.74) is 0. The maximum atomic E-state index is 8.52. The second-order valence-corrected chi connectivity index (χ2v) is 2.81. The van der Waals surface area contributed by atoms with Crippen molar-refractivity contribution < 1.29 is 10.2 Å². The van der Waals surface area contributed by atoms with Crippen LogP contribution in [0.3, 0.4) is 0 Å². The van der Waals surface area contributed by atoms with Crippen LogP contribution in [0.25, 0.3) is 0 Å². The lowest BCUT2D eigenvalue weighted by molar-refractivity contribution is 0.235. The Hall–Kier alpha value is -0.120. The zero-order valence-electron chi connectivity index (χ0n) is 7.29. The number of aliphatic hydroxyl groups is 2. The minimum absolute atomic E-state index is 0.268. The van der Waals surface area contributed by atoms with Crippen LogP contribution in [-0.2, 0) is 0 Å². The van der Waals surface area contributed by atoms with Crippen LogP contribution in [0.5, 0.6) is 0 Å². The molecular formula is C8H19NO2. The van der Waals surface area contributed by atoms with E-state index >= 15 is 0 Å². The fraction of sp³-hybridized carbons (Fsp3) is 1.00. The van der Waals surface area contributed by atoms with Crippen LogP contribution in [0.2, 0.25) is 0 Å². The molecule has 0 aromatic carbocycles. The van der Waals surface area contributed by atoms with Crippen LogP contribution in [0.1, 0.15) is 19.3 Å². The van der Waals surface area contributed by atoms with E-state index in [2.05, 4.69) is 4.90 Å². The minimum Gasteiger partial charge on any atom is -0.396 e. The average molecular weight is 161 g/mol. The highest BCUT2D eigenvalue weighted by atomic mass is 16.3. The molecule has 0 aliphatic carbocycles. The van der Waals surface area contributed by atoms with Gasteiger partial charge in [0.2, 0.25) is 0 Å². The van der Waals surface area contributed by atoms with Crippen molar-refractivity contribution in [1.29, 1.82) is 0 Å². The Morgan fingerprint density at radius 3 is 2.00 bits per heavy atom. The SMILES string of the molecule is CN(CCCO)CCCCO. The van der Waals surface area contributed by atoms with Gasteiger partial charge in [0.1, 0.15) is 0 Å². The highest BCUT2D eigenvalue weighted by molar-refractivity contribution is 4.50. The van der Waals surface area contributed by atoms with E-state index in [1.807, 2.05) is 7.05 Å². The fourth-order valence-corrected chi connectivity index (χ4v) is 0.946. The third kappa shape index (κ3) is 7.78. The van der Waals surface area contributed by atoms with Gasteiger partial charge in [0.15, 0.2) is 0 Å². The fourth-order valence-electron chi connectivity index (χ4n) is 0.946. The second-order valence-electron chi connectivity index (χ2n) is 2.81. The molecule has 0 aromatic rings. The molecule has 0 unspecified atom stereocenters. The largest absolute Gasteiger partial charge is 0.396 e. The number of nitrogens with zero attached hydrogens (tertiary/aromatic N) is 1. The molecule has 0 rings (SSSR count). The Morgan fingerprint density at radius 1 is 0.909 bits per heavy atom. The molecule has 0 atom stereocenters. The molecule has 3 heteroatoms. The van der Waals surface area contributed by atoms with Crippen molar-refractivity contribution in [2.45, 2.75) is 19.3 Å². The zero-order chi connectivity index (χ0) is 8.53. The van der Waals surface area contributed by atoms with Gasteiger partial charge in [-0.1, -0.05) is 0 Å². The summed E-state index contributed by atoms with van der Waals surface area (Å²) < 4.78 is 0. The van der Waals surface area contributed by atoms with Gasteiger partial charge in [0, 0.05) is 19.8 Å². The van der Waals surface area contributed by atoms with Crippen molar-refractivity contribution in [2.24, 2.45) is 0 Å². The lowest BCUT2D eigenvalue weighted by Gasteiger charge is -2.14. The van der Waals surface area contributed by atoms with Gasteiger partial charge in [0.25, 0.3) is 0 Å². The van der Waals surface area contributed by atoms with Gasteiger partial charge >= 0.3 is 0 Å². The van der Waals surface area contributed by atoms with Crippen molar-refractivity contribution in [3.05, 3.63) is 0 Å². The second kappa shape index (κ2) is 7.98. The molecule has 2 N–H and O–H groups in total. The van der Waals surface area contributed by atoms with Crippen LogP contribution in [0.15, 0.2) is 0 Å². The van der Waals surface area contributed by atoms with Gasteiger partial charge in [0.05, 0.1) is 0 Å². The first kappa shape index (κ1) is 10.9. The Bertz CT molecular complexity index is 78.5. The molecule has 0 bridgehead atoms. The third-order valence-corrected chi connectivity index (χ3v) is 1.65. The quantitative estimate of drug-likeness (QED) is 0.519. The summed E-state index contributed by atoms with van der Waals surface area (Å²) in [5, 5.41) is 17.0. The van der Waals surface area contributed by atoms with Crippen molar-refractivity contribution in [3.8, 4) is 0 Å². The van der Waals surface area contributed by atoms with Crippen LogP contribution < -0.4 is 0 Å². The summed E-state index contributed by atoms with van der Waals surface area (Å²) in [5.74, 6) is 0. The van der Waals surface area contributed by atoms with Crippen molar-refractivity contribution in [2.75, 3.05) is 33.4 Å². The molecule has 0 radical (unpaired) electrons. The normalized spacial score (nSPS) is 10.9. The van der Waals surface area contributed by atoms with Gasteiger partial charge in [-0.3, -0.25) is 0 Å². The van der Waals surface area contributed by atoms with Crippen molar-refractivity contribution in [1.82, 2.24) is 4.90 Å². The molecule has 0 amide bonds. The van der Waals surface area contributed by atoms with E-state index < -0.39 is 0 Å². The molecule has 0 heterocycles. The van der Waals surface area contributed by atoms with Gasteiger partial charge in [-0.25, -0.2) is 0 Å². The summed E-state index contributed by atoms with van der Waals surface area (Å²) in [6.07, 6.45) is 2.76. The van der Waals surface area contributed by atoms with E-state index in [-0.39, 0.29) is 13.2 Å². The van der Waals surface area contributed by atoms with E-state index in [1.54, 1.807) is 0 Å². The van der Waals surface area contributed by atoms with E-state index in [0.29, 0.717) is 0 Å². The van der Waals surface area contributed by atoms with Gasteiger partial charge in [-0.05, 0) is 32.9 Å². The van der Waals surface area contributed by atoms with Crippen LogP contribution in [-0.4, -0.2) is 48.5 Å². The number of hydrogen-bond donors (Lipinski definition) is 2. The lowest BCUT2D eigenvalue weighted by Crippen LogP contribution is -2.21. The lowest BCUT2D eigenvalue weighted by atomic mass is 10.3. The first-order chi connectivity index (χ1) is 5.31. The maximum Gasteiger partial charge on any atom is 0.0443 e. The Kier molecular flexibility index (Phi) is 7.89. The van der Waals surface area contributed by atoms with Gasteiger partial charge in [-0.15, -0.1) is 0 Å². The van der Waals surface area contributed by atoms with E-state index in [0.717, 1.165) is 32.4 Å². The molecule has 0 aliphatic heterocycles. The maximum absolute atomic E-state index is 8.52. The monoisotopic (exact) mass is 161 g/mol. The highest BCUT2D eigenvalue weighted by Gasteiger charge is 1.95. The number of hydrogen-bond acceptors (Lipinski definition) is 3. The summed E-state index contributed by atoms with van der Waals surface area (Å²) in [7, 11) is 2.03.